The fourth-order valence-corrected chi connectivity index (χ4v) is 3.24. The fourth-order valence-electron chi connectivity index (χ4n) is 1.45. The Morgan fingerprint density at radius 3 is 2.21 bits per heavy atom. The van der Waals surface area contributed by atoms with Crippen LogP contribution in [0, 0.1) is 6.92 Å². The average molecular weight is 290 g/mol. The molecule has 98 valence electrons. The maximum Gasteiger partial charge on any atom is 0.230 e. The van der Waals surface area contributed by atoms with Crippen LogP contribution in [-0.4, -0.2) is 12.2 Å². The number of methoxy groups -OCH3 is 1. The van der Waals surface area contributed by atoms with Crippen molar-refractivity contribution in [3.8, 4) is 5.75 Å². The third-order valence-electron chi connectivity index (χ3n) is 2.56. The van der Waals surface area contributed by atoms with Crippen molar-refractivity contribution in [2.75, 3.05) is 7.11 Å². The van der Waals surface area contributed by atoms with E-state index in [-0.39, 0.29) is 5.12 Å². The first-order chi connectivity index (χ1) is 9.19. The zero-order valence-corrected chi connectivity index (χ0v) is 12.4. The molecule has 0 aliphatic carbocycles. The largest absolute Gasteiger partial charge is 0.497 e. The SMILES string of the molecule is COc1ccc(C(=O)SSc2ccc(C)cc2)cc1. The van der Waals surface area contributed by atoms with Crippen molar-refractivity contribution in [2.24, 2.45) is 0 Å². The highest BCUT2D eigenvalue weighted by atomic mass is 33.1. The molecule has 0 spiro atoms. The molecule has 0 saturated carbocycles. The Morgan fingerprint density at radius 1 is 1.00 bits per heavy atom. The number of ether oxygens (including phenoxy) is 1. The summed E-state index contributed by atoms with van der Waals surface area (Å²) in [6.45, 7) is 2.05. The number of hydrogen-bond donors (Lipinski definition) is 0. The molecule has 0 unspecified atom stereocenters. The summed E-state index contributed by atoms with van der Waals surface area (Å²) in [5.74, 6) is 0.757. The highest BCUT2D eigenvalue weighted by Crippen LogP contribution is 2.33. The van der Waals surface area contributed by atoms with Gasteiger partial charge in [0, 0.05) is 10.5 Å². The van der Waals surface area contributed by atoms with Gasteiger partial charge in [0.2, 0.25) is 5.12 Å². The lowest BCUT2D eigenvalue weighted by molar-refractivity contribution is 0.109. The fraction of sp³-hybridized carbons (Fsp3) is 0.133. The van der Waals surface area contributed by atoms with Gasteiger partial charge >= 0.3 is 0 Å². The van der Waals surface area contributed by atoms with Crippen molar-refractivity contribution in [3.63, 3.8) is 0 Å². The van der Waals surface area contributed by atoms with Crippen LogP contribution in [0.5, 0.6) is 5.75 Å². The zero-order chi connectivity index (χ0) is 13.7. The second-order valence-corrected chi connectivity index (χ2v) is 6.17. The molecular weight excluding hydrogens is 276 g/mol. The summed E-state index contributed by atoms with van der Waals surface area (Å²) in [7, 11) is 4.33. The van der Waals surface area contributed by atoms with E-state index in [9.17, 15) is 4.79 Å². The molecule has 0 aromatic heterocycles. The van der Waals surface area contributed by atoms with Crippen molar-refractivity contribution in [1.29, 1.82) is 0 Å². The second kappa shape index (κ2) is 6.68. The van der Waals surface area contributed by atoms with Gasteiger partial charge in [0.15, 0.2) is 0 Å². The van der Waals surface area contributed by atoms with Gasteiger partial charge < -0.3 is 4.74 Å². The van der Waals surface area contributed by atoms with Gasteiger partial charge in [-0.1, -0.05) is 17.7 Å². The summed E-state index contributed by atoms with van der Waals surface area (Å²) in [6, 6.07) is 15.3. The van der Waals surface area contributed by atoms with Crippen molar-refractivity contribution in [1.82, 2.24) is 0 Å². The number of carbonyl (C=O) groups is 1. The van der Waals surface area contributed by atoms with Gasteiger partial charge in [0.1, 0.15) is 5.75 Å². The molecule has 0 heterocycles. The Balaban J connectivity index is 1.95. The molecule has 0 atom stereocenters. The minimum absolute atomic E-state index is 0.0493. The standard InChI is InChI=1S/C15H14O2S2/c1-11-3-9-14(10-4-11)18-19-15(16)12-5-7-13(17-2)8-6-12/h3-10H,1-2H3. The van der Waals surface area contributed by atoms with E-state index >= 15 is 0 Å². The minimum Gasteiger partial charge on any atom is -0.497 e. The van der Waals surface area contributed by atoms with Gasteiger partial charge in [-0.15, -0.1) is 0 Å². The highest BCUT2D eigenvalue weighted by molar-refractivity contribution is 8.82. The summed E-state index contributed by atoms with van der Waals surface area (Å²) in [5.41, 5.74) is 1.90. The number of benzene rings is 2. The molecular formula is C15H14O2S2. The van der Waals surface area contributed by atoms with Crippen LogP contribution in [-0.2, 0) is 0 Å². The van der Waals surface area contributed by atoms with Crippen molar-refractivity contribution in [3.05, 3.63) is 59.7 Å². The molecule has 2 aromatic rings. The first kappa shape index (κ1) is 14.0. The van der Waals surface area contributed by atoms with Crippen molar-refractivity contribution >= 4 is 26.7 Å². The van der Waals surface area contributed by atoms with Gasteiger partial charge in [-0.2, -0.15) is 0 Å². The lowest BCUT2D eigenvalue weighted by atomic mass is 10.2. The molecule has 0 radical (unpaired) electrons. The number of hydrogen-bond acceptors (Lipinski definition) is 4. The first-order valence-corrected chi connectivity index (χ1v) is 7.93. The van der Waals surface area contributed by atoms with Crippen LogP contribution in [0.1, 0.15) is 15.9 Å². The molecule has 0 amide bonds. The predicted octanol–water partition coefficient (Wildman–Crippen LogP) is 4.58. The van der Waals surface area contributed by atoms with Crippen LogP contribution in [0.4, 0.5) is 0 Å². The van der Waals surface area contributed by atoms with Crippen LogP contribution in [0.2, 0.25) is 0 Å². The second-order valence-electron chi connectivity index (χ2n) is 4.00. The lowest BCUT2D eigenvalue weighted by Crippen LogP contribution is -1.91. The highest BCUT2D eigenvalue weighted by Gasteiger charge is 2.08. The molecule has 0 bridgehead atoms. The molecule has 2 nitrogen and oxygen atoms in total. The molecule has 0 fully saturated rings. The zero-order valence-electron chi connectivity index (χ0n) is 10.8. The molecule has 4 heteroatoms. The Morgan fingerprint density at radius 2 is 1.63 bits per heavy atom. The van der Waals surface area contributed by atoms with Crippen LogP contribution < -0.4 is 4.74 Å². The topological polar surface area (TPSA) is 26.3 Å². The molecule has 2 rings (SSSR count). The predicted molar refractivity (Wildman–Crippen MR) is 82.0 cm³/mol. The smallest absolute Gasteiger partial charge is 0.230 e. The van der Waals surface area contributed by atoms with E-state index in [2.05, 4.69) is 0 Å². The van der Waals surface area contributed by atoms with E-state index in [1.54, 1.807) is 31.4 Å². The van der Waals surface area contributed by atoms with Gasteiger partial charge in [0.25, 0.3) is 0 Å². The number of aryl methyl sites for hydroxylation is 1. The van der Waals surface area contributed by atoms with Crippen molar-refractivity contribution < 1.29 is 9.53 Å². The summed E-state index contributed by atoms with van der Waals surface area (Å²) in [5, 5.41) is 0.0493. The van der Waals surface area contributed by atoms with Crippen LogP contribution in [0.25, 0.3) is 0 Å². The van der Waals surface area contributed by atoms with E-state index in [4.69, 9.17) is 4.74 Å². The van der Waals surface area contributed by atoms with Gasteiger partial charge in [0.05, 0.1) is 7.11 Å². The van der Waals surface area contributed by atoms with Crippen LogP contribution >= 0.6 is 21.6 Å². The molecule has 0 saturated heterocycles. The van der Waals surface area contributed by atoms with Gasteiger partial charge in [-0.05, 0) is 64.9 Å². The minimum atomic E-state index is 0.0493. The van der Waals surface area contributed by atoms with Crippen LogP contribution in [0.15, 0.2) is 53.4 Å². The number of carbonyl (C=O) groups excluding carboxylic acids is 1. The van der Waals surface area contributed by atoms with Gasteiger partial charge in [-0.25, -0.2) is 0 Å². The number of rotatable bonds is 4. The van der Waals surface area contributed by atoms with E-state index in [1.165, 1.54) is 27.2 Å². The molecule has 0 aliphatic heterocycles. The third-order valence-corrected chi connectivity index (χ3v) is 4.78. The van der Waals surface area contributed by atoms with E-state index in [1.807, 2.05) is 31.2 Å². The Kier molecular flexibility index (Phi) is 4.93. The summed E-state index contributed by atoms with van der Waals surface area (Å²) in [6.07, 6.45) is 0. The summed E-state index contributed by atoms with van der Waals surface area (Å²) in [4.78, 5) is 13.1. The Labute approximate surface area is 121 Å². The Bertz CT molecular complexity index is 547. The molecule has 0 aliphatic rings. The first-order valence-electron chi connectivity index (χ1n) is 5.78. The van der Waals surface area contributed by atoms with E-state index < -0.39 is 0 Å². The van der Waals surface area contributed by atoms with E-state index in [0.717, 1.165) is 10.6 Å². The summed E-state index contributed by atoms with van der Waals surface area (Å²) < 4.78 is 5.07. The summed E-state index contributed by atoms with van der Waals surface area (Å²) >= 11 is 0. The van der Waals surface area contributed by atoms with Gasteiger partial charge in [-0.3, -0.25) is 4.79 Å². The third kappa shape index (κ3) is 4.04. The quantitative estimate of drug-likeness (QED) is 0.770. The monoisotopic (exact) mass is 290 g/mol. The van der Waals surface area contributed by atoms with Crippen LogP contribution in [0.3, 0.4) is 0 Å². The molecule has 19 heavy (non-hydrogen) atoms. The molecule has 0 N–H and O–H groups in total. The average Bonchev–Trinajstić information content (AvgIpc) is 2.46. The molecule has 2 aromatic carbocycles. The van der Waals surface area contributed by atoms with Crippen molar-refractivity contribution in [2.45, 2.75) is 11.8 Å². The van der Waals surface area contributed by atoms with E-state index in [0.29, 0.717) is 5.56 Å². The lowest BCUT2D eigenvalue weighted by Gasteiger charge is -2.03. The maximum atomic E-state index is 12.0. The normalized spacial score (nSPS) is 10.2. The maximum absolute atomic E-state index is 12.0. The Hall–Kier alpha value is -1.39.